The van der Waals surface area contributed by atoms with E-state index in [-0.39, 0.29) is 5.91 Å². The number of ether oxygens (including phenoxy) is 1. The van der Waals surface area contributed by atoms with E-state index in [9.17, 15) is 4.79 Å². The second-order valence-electron chi connectivity index (χ2n) is 6.57. The number of carbonyl (C=O) groups excluding carboxylic acids is 1. The van der Waals surface area contributed by atoms with Crippen LogP contribution in [0.4, 0.5) is 5.69 Å². The van der Waals surface area contributed by atoms with Crippen LogP contribution >= 0.6 is 80.8 Å². The molecule has 0 radical (unpaired) electrons. The smallest absolute Gasteiger partial charge is 0.270 e. The number of halogens is 3. The molecule has 0 unspecified atom stereocenters. The van der Waals surface area contributed by atoms with Crippen LogP contribution in [0.5, 0.6) is 5.75 Å². The number of thiocarbonyl (C=S) groups is 1. The highest BCUT2D eigenvalue weighted by atomic mass is 127. The summed E-state index contributed by atoms with van der Waals surface area (Å²) in [5.74, 6) is 0.599. The number of benzene rings is 3. The zero-order chi connectivity index (χ0) is 22.0. The summed E-state index contributed by atoms with van der Waals surface area (Å²) >= 11 is 17.3. The van der Waals surface area contributed by atoms with Crippen molar-refractivity contribution in [3.05, 3.63) is 94.9 Å². The predicted molar refractivity (Wildman–Crippen MR) is 150 cm³/mol. The Labute approximate surface area is 222 Å². The van der Waals surface area contributed by atoms with Crippen LogP contribution in [0.2, 0.25) is 5.02 Å². The van der Waals surface area contributed by atoms with E-state index in [1.165, 1.54) is 16.7 Å². The molecule has 3 aromatic rings. The lowest BCUT2D eigenvalue weighted by atomic mass is 10.1. The van der Waals surface area contributed by atoms with Gasteiger partial charge in [0.15, 0.2) is 4.32 Å². The molecule has 4 rings (SSSR count). The second kappa shape index (κ2) is 10.2. The molecule has 3 aromatic carbocycles. The largest absolute Gasteiger partial charge is 0.487 e. The molecule has 156 valence electrons. The Hall–Kier alpha value is -1.14. The molecule has 1 heterocycles. The molecular formula is C23H14ClI2NO2S2. The van der Waals surface area contributed by atoms with Gasteiger partial charge in [-0.25, -0.2) is 0 Å². The monoisotopic (exact) mass is 689 g/mol. The number of carbonyl (C=O) groups is 1. The molecule has 8 heteroatoms. The topological polar surface area (TPSA) is 29.5 Å². The van der Waals surface area contributed by atoms with Gasteiger partial charge in [-0.05, 0) is 93.2 Å². The molecule has 31 heavy (non-hydrogen) atoms. The Balaban J connectivity index is 1.65. The zero-order valence-corrected chi connectivity index (χ0v) is 22.6. The molecule has 0 N–H and O–H groups in total. The van der Waals surface area contributed by atoms with E-state index >= 15 is 0 Å². The van der Waals surface area contributed by atoms with Gasteiger partial charge in [0.05, 0.1) is 14.2 Å². The summed E-state index contributed by atoms with van der Waals surface area (Å²) in [4.78, 5) is 15.2. The first-order chi connectivity index (χ1) is 14.9. The molecule has 1 fully saturated rings. The fourth-order valence-electron chi connectivity index (χ4n) is 2.99. The SMILES string of the molecule is O=C1/C(=C/c2cc(I)cc(I)c2OCc2ccccc2)SC(=S)N1c1ccc(Cl)cc1. The lowest BCUT2D eigenvalue weighted by molar-refractivity contribution is -0.113. The van der Waals surface area contributed by atoms with Gasteiger partial charge >= 0.3 is 0 Å². The number of anilines is 1. The zero-order valence-electron chi connectivity index (χ0n) is 15.8. The molecule has 3 nitrogen and oxygen atoms in total. The van der Waals surface area contributed by atoms with Crippen LogP contribution in [-0.2, 0) is 11.4 Å². The summed E-state index contributed by atoms with van der Waals surface area (Å²) < 4.78 is 8.71. The van der Waals surface area contributed by atoms with Crippen molar-refractivity contribution in [1.29, 1.82) is 0 Å². The molecule has 0 bridgehead atoms. The Morgan fingerprint density at radius 3 is 2.48 bits per heavy atom. The average Bonchev–Trinajstić information content (AvgIpc) is 3.02. The molecule has 1 aliphatic heterocycles. The summed E-state index contributed by atoms with van der Waals surface area (Å²) in [7, 11) is 0. The minimum atomic E-state index is -0.153. The fraction of sp³-hybridized carbons (Fsp3) is 0.0435. The lowest BCUT2D eigenvalue weighted by Gasteiger charge is -2.14. The molecule has 0 spiro atoms. The number of hydrogen-bond acceptors (Lipinski definition) is 4. The summed E-state index contributed by atoms with van der Waals surface area (Å²) in [5.41, 5.74) is 2.63. The van der Waals surface area contributed by atoms with Crippen LogP contribution in [0, 0.1) is 7.14 Å². The molecule has 1 aliphatic rings. The normalized spacial score (nSPS) is 15.1. The minimum absolute atomic E-state index is 0.153. The second-order valence-corrected chi connectivity index (χ2v) is 11.1. The van der Waals surface area contributed by atoms with Crippen molar-refractivity contribution < 1.29 is 9.53 Å². The number of thioether (sulfide) groups is 1. The first-order valence-electron chi connectivity index (χ1n) is 9.11. The maximum atomic E-state index is 13.1. The number of hydrogen-bond donors (Lipinski definition) is 0. The standard InChI is InChI=1S/C23H14ClI2NO2S2/c24-16-6-8-18(9-7-16)27-22(28)20(31-23(27)30)11-15-10-17(25)12-19(26)21(15)29-13-14-4-2-1-3-5-14/h1-12H,13H2/b20-11-. The van der Waals surface area contributed by atoms with E-state index in [0.717, 1.165) is 24.0 Å². The van der Waals surface area contributed by atoms with Gasteiger partial charge in [-0.2, -0.15) is 0 Å². The Morgan fingerprint density at radius 2 is 1.77 bits per heavy atom. The molecule has 0 aromatic heterocycles. The molecule has 0 saturated carbocycles. The first-order valence-corrected chi connectivity index (χ1v) is 12.9. The van der Waals surface area contributed by atoms with Gasteiger partial charge in [0, 0.05) is 14.2 Å². The van der Waals surface area contributed by atoms with Gasteiger partial charge in [-0.15, -0.1) is 0 Å². The quantitative estimate of drug-likeness (QED) is 0.158. The highest BCUT2D eigenvalue weighted by Gasteiger charge is 2.33. The highest BCUT2D eigenvalue weighted by Crippen LogP contribution is 2.39. The van der Waals surface area contributed by atoms with Crippen LogP contribution in [0.3, 0.4) is 0 Å². The van der Waals surface area contributed by atoms with E-state index < -0.39 is 0 Å². The maximum Gasteiger partial charge on any atom is 0.270 e. The summed E-state index contributed by atoms with van der Waals surface area (Å²) in [6.45, 7) is 0.448. The van der Waals surface area contributed by atoms with Crippen LogP contribution < -0.4 is 9.64 Å². The van der Waals surface area contributed by atoms with Crippen molar-refractivity contribution >= 4 is 103 Å². The van der Waals surface area contributed by atoms with Gasteiger partial charge in [0.1, 0.15) is 12.4 Å². The molecule has 1 amide bonds. The third kappa shape index (κ3) is 5.44. The molecule has 0 aliphatic carbocycles. The summed E-state index contributed by atoms with van der Waals surface area (Å²) in [6, 6.07) is 21.1. The minimum Gasteiger partial charge on any atom is -0.487 e. The van der Waals surface area contributed by atoms with Crippen molar-refractivity contribution in [2.75, 3.05) is 4.90 Å². The average molecular weight is 690 g/mol. The van der Waals surface area contributed by atoms with Crippen LogP contribution in [0.15, 0.2) is 71.6 Å². The van der Waals surface area contributed by atoms with E-state index in [4.69, 9.17) is 28.6 Å². The first kappa shape index (κ1) is 23.0. The van der Waals surface area contributed by atoms with Gasteiger partial charge in [-0.3, -0.25) is 9.69 Å². The maximum absolute atomic E-state index is 13.1. The number of rotatable bonds is 5. The number of nitrogens with zero attached hydrogens (tertiary/aromatic N) is 1. The third-order valence-electron chi connectivity index (χ3n) is 4.43. The van der Waals surface area contributed by atoms with Crippen molar-refractivity contribution in [3.63, 3.8) is 0 Å². The van der Waals surface area contributed by atoms with Crippen LogP contribution in [-0.4, -0.2) is 10.2 Å². The highest BCUT2D eigenvalue weighted by molar-refractivity contribution is 14.1. The van der Waals surface area contributed by atoms with E-state index in [1.54, 1.807) is 24.3 Å². The molecular weight excluding hydrogens is 676 g/mol. The van der Waals surface area contributed by atoms with Crippen molar-refractivity contribution in [2.24, 2.45) is 0 Å². The molecule has 0 atom stereocenters. The summed E-state index contributed by atoms with van der Waals surface area (Å²) in [5, 5.41) is 0.610. The van der Waals surface area contributed by atoms with Gasteiger partial charge in [0.25, 0.3) is 5.91 Å². The van der Waals surface area contributed by atoms with Gasteiger partial charge in [0.2, 0.25) is 0 Å². The third-order valence-corrected chi connectivity index (χ3v) is 7.41. The Morgan fingerprint density at radius 1 is 1.06 bits per heavy atom. The van der Waals surface area contributed by atoms with E-state index in [2.05, 4.69) is 51.2 Å². The van der Waals surface area contributed by atoms with Gasteiger partial charge < -0.3 is 4.74 Å². The van der Waals surface area contributed by atoms with Gasteiger partial charge in [-0.1, -0.05) is 65.9 Å². The lowest BCUT2D eigenvalue weighted by Crippen LogP contribution is -2.27. The van der Waals surface area contributed by atoms with Crippen molar-refractivity contribution in [1.82, 2.24) is 0 Å². The molecule has 1 saturated heterocycles. The fourth-order valence-corrected chi connectivity index (χ4v) is 6.45. The van der Waals surface area contributed by atoms with Crippen molar-refractivity contribution in [2.45, 2.75) is 6.61 Å². The van der Waals surface area contributed by atoms with Crippen LogP contribution in [0.25, 0.3) is 6.08 Å². The Kier molecular flexibility index (Phi) is 7.58. The van der Waals surface area contributed by atoms with E-state index in [0.29, 0.717) is 26.5 Å². The summed E-state index contributed by atoms with van der Waals surface area (Å²) in [6.07, 6.45) is 1.86. The Bertz CT molecular complexity index is 1180. The van der Waals surface area contributed by atoms with E-state index in [1.807, 2.05) is 42.5 Å². The predicted octanol–water partition coefficient (Wildman–Crippen LogP) is 7.53. The van der Waals surface area contributed by atoms with Crippen molar-refractivity contribution in [3.8, 4) is 5.75 Å². The number of amides is 1. The van der Waals surface area contributed by atoms with Crippen LogP contribution in [0.1, 0.15) is 11.1 Å².